The Bertz CT molecular complexity index is 407. The minimum Gasteiger partial charge on any atom is -0.299 e. The lowest BCUT2D eigenvalue weighted by molar-refractivity contribution is -0.122. The van der Waals surface area contributed by atoms with Crippen LogP contribution in [0.25, 0.3) is 0 Å². The van der Waals surface area contributed by atoms with Crippen LogP contribution < -0.4 is 0 Å². The standard InChI is InChI=1S/C14H17ClO/c1-9-3-4-12(13(15)7-9)8-14(16)10(2)11-5-6-11/h3-4,7,10-11H,5-6,8H2,1-2H3. The van der Waals surface area contributed by atoms with Gasteiger partial charge in [-0.3, -0.25) is 4.79 Å². The summed E-state index contributed by atoms with van der Waals surface area (Å²) in [6.45, 7) is 4.05. The van der Waals surface area contributed by atoms with Gasteiger partial charge in [0.15, 0.2) is 0 Å². The monoisotopic (exact) mass is 236 g/mol. The summed E-state index contributed by atoms with van der Waals surface area (Å²) in [6.07, 6.45) is 2.92. The third kappa shape index (κ3) is 2.65. The van der Waals surface area contributed by atoms with Gasteiger partial charge in [-0.25, -0.2) is 0 Å². The third-order valence-corrected chi connectivity index (χ3v) is 3.76. The number of carbonyl (C=O) groups excluding carboxylic acids is 1. The molecule has 1 atom stereocenters. The lowest BCUT2D eigenvalue weighted by Crippen LogP contribution is -2.15. The molecule has 0 aromatic heterocycles. The maximum atomic E-state index is 12.0. The highest BCUT2D eigenvalue weighted by atomic mass is 35.5. The molecule has 0 saturated heterocycles. The third-order valence-electron chi connectivity index (χ3n) is 3.41. The van der Waals surface area contributed by atoms with E-state index in [1.54, 1.807) is 0 Å². The first kappa shape index (κ1) is 11.7. The van der Waals surface area contributed by atoms with Crippen molar-refractivity contribution in [2.45, 2.75) is 33.1 Å². The van der Waals surface area contributed by atoms with Gasteiger partial charge in [0.2, 0.25) is 0 Å². The first-order chi connectivity index (χ1) is 7.58. The van der Waals surface area contributed by atoms with Crippen LogP contribution in [0.3, 0.4) is 0 Å². The summed E-state index contributed by atoms with van der Waals surface area (Å²) < 4.78 is 0. The minimum atomic E-state index is 0.206. The van der Waals surface area contributed by atoms with Crippen molar-refractivity contribution in [2.24, 2.45) is 11.8 Å². The summed E-state index contributed by atoms with van der Waals surface area (Å²) in [5.41, 5.74) is 2.10. The molecule has 0 amide bonds. The molecular formula is C14H17ClO. The molecule has 0 heterocycles. The molecule has 1 aromatic carbocycles. The summed E-state index contributed by atoms with van der Waals surface area (Å²) in [6, 6.07) is 5.90. The SMILES string of the molecule is Cc1ccc(CC(=O)C(C)C2CC2)c(Cl)c1. The molecule has 1 unspecified atom stereocenters. The first-order valence-electron chi connectivity index (χ1n) is 5.85. The van der Waals surface area contributed by atoms with E-state index in [9.17, 15) is 4.79 Å². The van der Waals surface area contributed by atoms with Crippen LogP contribution in [-0.4, -0.2) is 5.78 Å². The molecule has 1 nitrogen and oxygen atoms in total. The average Bonchev–Trinajstić information content (AvgIpc) is 3.04. The van der Waals surface area contributed by atoms with Crippen LogP contribution >= 0.6 is 11.6 Å². The summed E-state index contributed by atoms with van der Waals surface area (Å²) in [4.78, 5) is 12.0. The maximum absolute atomic E-state index is 12.0. The number of benzene rings is 1. The highest BCUT2D eigenvalue weighted by molar-refractivity contribution is 6.31. The molecule has 0 N–H and O–H groups in total. The van der Waals surface area contributed by atoms with Crippen LogP contribution in [0.4, 0.5) is 0 Å². The average molecular weight is 237 g/mol. The van der Waals surface area contributed by atoms with Crippen molar-refractivity contribution in [3.8, 4) is 0 Å². The Balaban J connectivity index is 2.05. The van der Waals surface area contributed by atoms with Crippen LogP contribution in [0.15, 0.2) is 18.2 Å². The highest BCUT2D eigenvalue weighted by Crippen LogP contribution is 2.37. The molecule has 1 aliphatic carbocycles. The molecule has 1 saturated carbocycles. The van der Waals surface area contributed by atoms with Gasteiger partial charge in [-0.2, -0.15) is 0 Å². The summed E-state index contributed by atoms with van der Waals surface area (Å²) in [5.74, 6) is 1.17. The second kappa shape index (κ2) is 4.58. The molecule has 16 heavy (non-hydrogen) atoms. The molecule has 86 valence electrons. The van der Waals surface area contributed by atoms with Gasteiger partial charge in [0, 0.05) is 17.4 Å². The van der Waals surface area contributed by atoms with Crippen LogP contribution in [-0.2, 0) is 11.2 Å². The van der Waals surface area contributed by atoms with Crippen LogP contribution in [0.5, 0.6) is 0 Å². The predicted octanol–water partition coefficient (Wildman–Crippen LogP) is 3.81. The van der Waals surface area contributed by atoms with Gasteiger partial charge in [0.25, 0.3) is 0 Å². The Morgan fingerprint density at radius 1 is 1.50 bits per heavy atom. The van der Waals surface area contributed by atoms with Gasteiger partial charge in [-0.05, 0) is 42.9 Å². The second-order valence-electron chi connectivity index (χ2n) is 4.86. The summed E-state index contributed by atoms with van der Waals surface area (Å²) >= 11 is 6.12. The minimum absolute atomic E-state index is 0.206. The predicted molar refractivity (Wildman–Crippen MR) is 66.8 cm³/mol. The van der Waals surface area contributed by atoms with Crippen LogP contribution in [0.2, 0.25) is 5.02 Å². The van der Waals surface area contributed by atoms with Crippen molar-refractivity contribution in [3.63, 3.8) is 0 Å². The number of ketones is 1. The van der Waals surface area contributed by atoms with Crippen molar-refractivity contribution >= 4 is 17.4 Å². The van der Waals surface area contributed by atoms with E-state index in [1.807, 2.05) is 32.0 Å². The van der Waals surface area contributed by atoms with Gasteiger partial charge in [-0.1, -0.05) is 30.7 Å². The van der Waals surface area contributed by atoms with Crippen molar-refractivity contribution in [1.82, 2.24) is 0 Å². The number of Topliss-reactive ketones (excluding diaryl/α,β-unsaturated/α-hetero) is 1. The Hall–Kier alpha value is -0.820. The Morgan fingerprint density at radius 3 is 2.75 bits per heavy atom. The zero-order chi connectivity index (χ0) is 11.7. The quantitative estimate of drug-likeness (QED) is 0.777. The number of hydrogen-bond donors (Lipinski definition) is 0. The maximum Gasteiger partial charge on any atom is 0.140 e. The van der Waals surface area contributed by atoms with E-state index in [2.05, 4.69) is 0 Å². The molecule has 1 aliphatic rings. The van der Waals surface area contributed by atoms with Crippen molar-refractivity contribution in [3.05, 3.63) is 34.3 Å². The summed E-state index contributed by atoms with van der Waals surface area (Å²) in [7, 11) is 0. The lowest BCUT2D eigenvalue weighted by atomic mass is 9.95. The first-order valence-corrected chi connectivity index (χ1v) is 6.23. The van der Waals surface area contributed by atoms with E-state index >= 15 is 0 Å². The Kier molecular flexibility index (Phi) is 3.34. The zero-order valence-electron chi connectivity index (χ0n) is 9.79. The van der Waals surface area contributed by atoms with Crippen molar-refractivity contribution in [2.75, 3.05) is 0 Å². The van der Waals surface area contributed by atoms with Gasteiger partial charge in [0.1, 0.15) is 5.78 Å². The fraction of sp³-hybridized carbons (Fsp3) is 0.500. The molecule has 0 aliphatic heterocycles. The normalized spacial score (nSPS) is 17.2. The van der Waals surface area contributed by atoms with E-state index in [0.717, 1.165) is 16.1 Å². The molecule has 0 bridgehead atoms. The van der Waals surface area contributed by atoms with E-state index < -0.39 is 0 Å². The molecular weight excluding hydrogens is 220 g/mol. The van der Waals surface area contributed by atoms with Crippen LogP contribution in [0, 0.1) is 18.8 Å². The fourth-order valence-electron chi connectivity index (χ4n) is 2.00. The molecule has 2 heteroatoms. The summed E-state index contributed by atoms with van der Waals surface area (Å²) in [5, 5.41) is 0.719. The van der Waals surface area contributed by atoms with Crippen molar-refractivity contribution in [1.29, 1.82) is 0 Å². The number of hydrogen-bond acceptors (Lipinski definition) is 1. The number of halogens is 1. The molecule has 0 radical (unpaired) electrons. The molecule has 0 spiro atoms. The van der Waals surface area contributed by atoms with Crippen LogP contribution in [0.1, 0.15) is 30.9 Å². The van der Waals surface area contributed by atoms with Gasteiger partial charge < -0.3 is 0 Å². The number of rotatable bonds is 4. The van der Waals surface area contributed by atoms with Gasteiger partial charge in [0.05, 0.1) is 0 Å². The van der Waals surface area contributed by atoms with E-state index in [-0.39, 0.29) is 5.92 Å². The number of carbonyl (C=O) groups is 1. The Morgan fingerprint density at radius 2 is 2.19 bits per heavy atom. The molecule has 2 rings (SSSR count). The van der Waals surface area contributed by atoms with E-state index in [0.29, 0.717) is 18.1 Å². The van der Waals surface area contributed by atoms with Crippen molar-refractivity contribution < 1.29 is 4.79 Å². The smallest absolute Gasteiger partial charge is 0.140 e. The van der Waals surface area contributed by atoms with Gasteiger partial charge >= 0.3 is 0 Å². The lowest BCUT2D eigenvalue weighted by Gasteiger charge is -2.10. The molecule has 1 fully saturated rings. The zero-order valence-corrected chi connectivity index (χ0v) is 10.6. The molecule has 1 aromatic rings. The second-order valence-corrected chi connectivity index (χ2v) is 5.27. The topological polar surface area (TPSA) is 17.1 Å². The fourth-order valence-corrected chi connectivity index (χ4v) is 2.31. The number of aryl methyl sites for hydroxylation is 1. The van der Waals surface area contributed by atoms with Gasteiger partial charge in [-0.15, -0.1) is 0 Å². The van der Waals surface area contributed by atoms with E-state index in [4.69, 9.17) is 11.6 Å². The van der Waals surface area contributed by atoms with E-state index in [1.165, 1.54) is 12.8 Å². The largest absolute Gasteiger partial charge is 0.299 e. The highest BCUT2D eigenvalue weighted by Gasteiger charge is 2.32. The Labute approximate surface area is 102 Å².